The molecule has 1 aliphatic rings. The molecule has 0 atom stereocenters. The van der Waals surface area contributed by atoms with Gasteiger partial charge in [0.1, 0.15) is 5.82 Å². The van der Waals surface area contributed by atoms with Gasteiger partial charge in [0.2, 0.25) is 0 Å². The maximum absolute atomic E-state index is 13.2. The molecule has 27 heavy (non-hydrogen) atoms. The Hall–Kier alpha value is -2.81. The maximum atomic E-state index is 13.2. The molecule has 0 aliphatic heterocycles. The first-order valence-electron chi connectivity index (χ1n) is 9.85. The summed E-state index contributed by atoms with van der Waals surface area (Å²) in [6.45, 7) is 0. The second kappa shape index (κ2) is 6.73. The zero-order chi connectivity index (χ0) is 18.2. The van der Waals surface area contributed by atoms with Crippen molar-refractivity contribution in [3.63, 3.8) is 0 Å². The molecule has 1 aliphatic carbocycles. The minimum absolute atomic E-state index is 0.216. The lowest BCUT2D eigenvalue weighted by molar-refractivity contribution is 0.367. The van der Waals surface area contributed by atoms with Crippen LogP contribution in [0.4, 0.5) is 15.8 Å². The van der Waals surface area contributed by atoms with Crippen LogP contribution in [0.5, 0.6) is 0 Å². The largest absolute Gasteiger partial charge is 0.356 e. The number of benzene rings is 3. The van der Waals surface area contributed by atoms with Crippen molar-refractivity contribution in [2.75, 3.05) is 5.32 Å². The van der Waals surface area contributed by atoms with Crippen LogP contribution < -0.4 is 5.32 Å². The van der Waals surface area contributed by atoms with Crippen LogP contribution in [0, 0.1) is 5.82 Å². The van der Waals surface area contributed by atoms with Gasteiger partial charge < -0.3 is 9.88 Å². The van der Waals surface area contributed by atoms with Crippen molar-refractivity contribution in [3.05, 3.63) is 72.5 Å². The van der Waals surface area contributed by atoms with Crippen LogP contribution in [0.2, 0.25) is 0 Å². The van der Waals surface area contributed by atoms with E-state index >= 15 is 0 Å². The summed E-state index contributed by atoms with van der Waals surface area (Å²) in [6, 6.07) is 22.4. The van der Waals surface area contributed by atoms with E-state index in [0.29, 0.717) is 6.04 Å². The molecule has 1 saturated carbocycles. The predicted molar refractivity (Wildman–Crippen MR) is 111 cm³/mol. The minimum atomic E-state index is -0.216. The molecule has 1 heterocycles. The molecule has 3 heteroatoms. The van der Waals surface area contributed by atoms with Gasteiger partial charge in [-0.05, 0) is 61.4 Å². The van der Waals surface area contributed by atoms with E-state index in [-0.39, 0.29) is 5.82 Å². The third-order valence-corrected chi connectivity index (χ3v) is 5.78. The lowest BCUT2D eigenvalue weighted by atomic mass is 9.95. The molecule has 5 rings (SSSR count). The third-order valence-electron chi connectivity index (χ3n) is 5.78. The minimum Gasteiger partial charge on any atom is -0.356 e. The topological polar surface area (TPSA) is 17.0 Å². The fraction of sp³-hybridized carbons (Fsp3) is 0.250. The van der Waals surface area contributed by atoms with Gasteiger partial charge in [0, 0.05) is 39.2 Å². The van der Waals surface area contributed by atoms with E-state index in [0.717, 1.165) is 11.4 Å². The number of rotatable bonds is 3. The summed E-state index contributed by atoms with van der Waals surface area (Å²) in [6.07, 6.45) is 6.54. The average Bonchev–Trinajstić information content (AvgIpc) is 3.04. The second-order valence-corrected chi connectivity index (χ2v) is 7.54. The number of fused-ring (bicyclic) bond motifs is 3. The summed E-state index contributed by atoms with van der Waals surface area (Å²) < 4.78 is 15.7. The molecular weight excluding hydrogens is 335 g/mol. The van der Waals surface area contributed by atoms with E-state index in [1.165, 1.54) is 66.0 Å². The van der Waals surface area contributed by atoms with Gasteiger partial charge in [-0.15, -0.1) is 0 Å². The summed E-state index contributed by atoms with van der Waals surface area (Å²) in [5.74, 6) is -0.216. The molecule has 4 aromatic rings. The van der Waals surface area contributed by atoms with Crippen LogP contribution in [0.1, 0.15) is 38.1 Å². The Balaban J connectivity index is 1.62. The van der Waals surface area contributed by atoms with Crippen molar-refractivity contribution >= 4 is 33.2 Å². The highest BCUT2D eigenvalue weighted by Gasteiger charge is 2.20. The Morgan fingerprint density at radius 2 is 1.44 bits per heavy atom. The summed E-state index contributed by atoms with van der Waals surface area (Å²) >= 11 is 0. The Morgan fingerprint density at radius 1 is 0.741 bits per heavy atom. The third kappa shape index (κ3) is 2.97. The van der Waals surface area contributed by atoms with Gasteiger partial charge in [-0.25, -0.2) is 4.39 Å². The monoisotopic (exact) mass is 358 g/mol. The van der Waals surface area contributed by atoms with Crippen LogP contribution >= 0.6 is 0 Å². The summed E-state index contributed by atoms with van der Waals surface area (Å²) in [7, 11) is 0. The highest BCUT2D eigenvalue weighted by atomic mass is 19.1. The zero-order valence-corrected chi connectivity index (χ0v) is 15.3. The average molecular weight is 358 g/mol. The first kappa shape index (κ1) is 16.4. The molecule has 0 bridgehead atoms. The first-order valence-corrected chi connectivity index (χ1v) is 9.85. The summed E-state index contributed by atoms with van der Waals surface area (Å²) in [4.78, 5) is 0. The van der Waals surface area contributed by atoms with E-state index < -0.39 is 0 Å². The molecule has 2 nitrogen and oxygen atoms in total. The van der Waals surface area contributed by atoms with Crippen molar-refractivity contribution in [2.24, 2.45) is 0 Å². The first-order chi connectivity index (χ1) is 13.3. The van der Waals surface area contributed by atoms with E-state index in [9.17, 15) is 4.39 Å². The number of para-hydroxylation sites is 1. The van der Waals surface area contributed by atoms with Gasteiger partial charge in [-0.2, -0.15) is 0 Å². The zero-order valence-electron chi connectivity index (χ0n) is 15.3. The van der Waals surface area contributed by atoms with Gasteiger partial charge in [-0.1, -0.05) is 37.5 Å². The van der Waals surface area contributed by atoms with Crippen LogP contribution in [-0.2, 0) is 0 Å². The van der Waals surface area contributed by atoms with Crippen LogP contribution in [0.15, 0.2) is 66.7 Å². The number of hydrogen-bond acceptors (Lipinski definition) is 1. The number of anilines is 2. The Bertz CT molecular complexity index is 1090. The highest BCUT2D eigenvalue weighted by molar-refractivity contribution is 6.09. The van der Waals surface area contributed by atoms with Crippen molar-refractivity contribution in [3.8, 4) is 0 Å². The van der Waals surface area contributed by atoms with Gasteiger partial charge in [0.25, 0.3) is 0 Å². The Labute approximate surface area is 158 Å². The molecule has 0 radical (unpaired) electrons. The van der Waals surface area contributed by atoms with Crippen molar-refractivity contribution in [1.29, 1.82) is 0 Å². The van der Waals surface area contributed by atoms with Crippen molar-refractivity contribution in [1.82, 2.24) is 4.57 Å². The van der Waals surface area contributed by atoms with Crippen LogP contribution in [-0.4, -0.2) is 4.57 Å². The quantitative estimate of drug-likeness (QED) is 0.410. The lowest BCUT2D eigenvalue weighted by Crippen LogP contribution is -2.12. The van der Waals surface area contributed by atoms with E-state index in [4.69, 9.17) is 0 Å². The maximum Gasteiger partial charge on any atom is 0.123 e. The molecule has 1 N–H and O–H groups in total. The van der Waals surface area contributed by atoms with E-state index in [1.807, 2.05) is 0 Å². The van der Waals surface area contributed by atoms with Gasteiger partial charge in [-0.3, -0.25) is 0 Å². The highest BCUT2D eigenvalue weighted by Crippen LogP contribution is 2.38. The van der Waals surface area contributed by atoms with Gasteiger partial charge in [0.15, 0.2) is 0 Å². The molecule has 0 unspecified atom stereocenters. The standard InChI is InChI=1S/C24H23FN2/c25-17-10-12-18(13-11-17)26-19-14-15-24-22(16-19)21-8-4-5-9-23(21)27(24)20-6-2-1-3-7-20/h4-5,8-16,20,26H,1-3,6-7H2. The Morgan fingerprint density at radius 3 is 2.26 bits per heavy atom. The fourth-order valence-corrected chi connectivity index (χ4v) is 4.51. The lowest BCUT2D eigenvalue weighted by Gasteiger charge is -2.25. The molecule has 3 aromatic carbocycles. The molecular formula is C24H23FN2. The van der Waals surface area contributed by atoms with E-state index in [1.54, 1.807) is 12.1 Å². The number of nitrogens with one attached hydrogen (secondary N) is 1. The normalized spacial score (nSPS) is 15.4. The van der Waals surface area contributed by atoms with E-state index in [2.05, 4.69) is 52.3 Å². The number of halogens is 1. The molecule has 0 saturated heterocycles. The van der Waals surface area contributed by atoms with Crippen molar-refractivity contribution in [2.45, 2.75) is 38.1 Å². The number of aromatic nitrogens is 1. The number of nitrogens with zero attached hydrogens (tertiary/aromatic N) is 1. The molecule has 0 spiro atoms. The fourth-order valence-electron chi connectivity index (χ4n) is 4.51. The summed E-state index contributed by atoms with van der Waals surface area (Å²) in [5, 5.41) is 5.99. The molecule has 0 amide bonds. The molecule has 1 fully saturated rings. The van der Waals surface area contributed by atoms with Gasteiger partial charge >= 0.3 is 0 Å². The predicted octanol–water partition coefficient (Wildman–Crippen LogP) is 7.18. The second-order valence-electron chi connectivity index (χ2n) is 7.54. The van der Waals surface area contributed by atoms with Crippen LogP contribution in [0.25, 0.3) is 21.8 Å². The molecule has 136 valence electrons. The van der Waals surface area contributed by atoms with Gasteiger partial charge in [0.05, 0.1) is 0 Å². The summed E-state index contributed by atoms with van der Waals surface area (Å²) in [5.41, 5.74) is 4.57. The Kier molecular flexibility index (Phi) is 4.08. The smallest absolute Gasteiger partial charge is 0.123 e. The van der Waals surface area contributed by atoms with Crippen molar-refractivity contribution < 1.29 is 4.39 Å². The molecule has 1 aromatic heterocycles. The SMILES string of the molecule is Fc1ccc(Nc2ccc3c(c2)c2ccccc2n3C2CCCCC2)cc1. The number of hydrogen-bond donors (Lipinski definition) is 1. The van der Waals surface area contributed by atoms with Crippen LogP contribution in [0.3, 0.4) is 0 Å².